The first kappa shape index (κ1) is 17.1. The Morgan fingerprint density at radius 3 is 1.76 bits per heavy atom. The molecule has 0 aliphatic heterocycles. The second-order valence-corrected chi connectivity index (χ2v) is 13.2. The van der Waals surface area contributed by atoms with Crippen molar-refractivity contribution in [1.82, 2.24) is 9.34 Å². The van der Waals surface area contributed by atoms with Crippen LogP contribution < -0.4 is 0 Å². The van der Waals surface area contributed by atoms with E-state index in [1.165, 1.54) is 0 Å². The highest BCUT2D eigenvalue weighted by Gasteiger charge is 2.39. The normalized spacial score (nSPS) is 16.1. The SMILES string of the molecule is C/C=C/C(O[Si](C)(C)C)P(=O)(N(C)C)N(C)C. The highest BCUT2D eigenvalue weighted by Crippen LogP contribution is 2.55. The number of hydrogen-bond donors (Lipinski definition) is 0. The quantitative estimate of drug-likeness (QED) is 0.425. The smallest absolute Gasteiger partial charge is 0.246 e. The number of allylic oxidation sites excluding steroid dienone is 1. The molecule has 0 fully saturated rings. The minimum absolute atomic E-state index is 0.357. The van der Waals surface area contributed by atoms with Gasteiger partial charge in [-0.05, 0) is 54.8 Å². The van der Waals surface area contributed by atoms with Crippen LogP contribution in [0.1, 0.15) is 6.92 Å². The summed E-state index contributed by atoms with van der Waals surface area (Å²) in [4.78, 5) is 0. The second-order valence-electron chi connectivity index (χ2n) is 5.43. The summed E-state index contributed by atoms with van der Waals surface area (Å²) in [5.41, 5.74) is 0. The first-order valence-corrected chi connectivity index (χ1v) is 10.9. The van der Waals surface area contributed by atoms with E-state index >= 15 is 0 Å². The lowest BCUT2D eigenvalue weighted by Crippen LogP contribution is -2.37. The average molecular weight is 278 g/mol. The monoisotopic (exact) mass is 278 g/mol. The van der Waals surface area contributed by atoms with E-state index in [0.29, 0.717) is 0 Å². The summed E-state index contributed by atoms with van der Waals surface area (Å²) in [5, 5.41) is 0. The fourth-order valence-electron chi connectivity index (χ4n) is 1.56. The third-order valence-corrected chi connectivity index (χ3v) is 6.70. The summed E-state index contributed by atoms with van der Waals surface area (Å²) in [7, 11) is 2.92. The summed E-state index contributed by atoms with van der Waals surface area (Å²) in [6, 6.07) is 0. The van der Waals surface area contributed by atoms with Gasteiger partial charge in [-0.1, -0.05) is 12.2 Å². The third kappa shape index (κ3) is 4.68. The van der Waals surface area contributed by atoms with Crippen LogP contribution >= 0.6 is 7.44 Å². The summed E-state index contributed by atoms with van der Waals surface area (Å²) >= 11 is 0. The molecule has 4 nitrogen and oxygen atoms in total. The van der Waals surface area contributed by atoms with Crippen molar-refractivity contribution in [2.45, 2.75) is 32.4 Å². The molecule has 0 aliphatic rings. The van der Waals surface area contributed by atoms with E-state index in [1.807, 2.05) is 47.3 Å². The van der Waals surface area contributed by atoms with E-state index in [0.717, 1.165) is 0 Å². The Labute approximate surface area is 107 Å². The number of nitrogens with zero attached hydrogens (tertiary/aromatic N) is 2. The molecule has 0 N–H and O–H groups in total. The van der Waals surface area contributed by atoms with Gasteiger partial charge in [0.15, 0.2) is 8.32 Å². The predicted octanol–water partition coefficient (Wildman–Crippen LogP) is 3.06. The summed E-state index contributed by atoms with van der Waals surface area (Å²) in [5.74, 6) is -0.357. The zero-order valence-corrected chi connectivity index (χ0v) is 14.3. The standard InChI is InChI=1S/C11H27N2O2PSi/c1-9-10-11(15-17(6,7)8)16(14,12(2)3)13(4)5/h9-11H,1-8H3/b10-9+. The minimum Gasteiger partial charge on any atom is -0.402 e. The van der Waals surface area contributed by atoms with Gasteiger partial charge in [0.2, 0.25) is 7.44 Å². The number of rotatable bonds is 6. The number of hydrogen-bond acceptors (Lipinski definition) is 2. The highest BCUT2D eigenvalue weighted by molar-refractivity contribution is 7.59. The van der Waals surface area contributed by atoms with Gasteiger partial charge in [-0.3, -0.25) is 4.57 Å². The maximum Gasteiger partial charge on any atom is 0.246 e. The Bertz CT molecular complexity index is 299. The van der Waals surface area contributed by atoms with Crippen molar-refractivity contribution in [3.63, 3.8) is 0 Å². The van der Waals surface area contributed by atoms with Crippen LogP contribution in [0.25, 0.3) is 0 Å². The molecule has 0 spiro atoms. The van der Waals surface area contributed by atoms with E-state index in [2.05, 4.69) is 19.6 Å². The second kappa shape index (κ2) is 6.30. The first-order valence-electron chi connectivity index (χ1n) is 5.81. The van der Waals surface area contributed by atoms with Gasteiger partial charge in [0.1, 0.15) is 5.85 Å². The largest absolute Gasteiger partial charge is 0.402 e. The van der Waals surface area contributed by atoms with Crippen LogP contribution in [0, 0.1) is 0 Å². The lowest BCUT2D eigenvalue weighted by molar-refractivity contribution is 0.281. The Hall–Kier alpha value is 0.0669. The molecular weight excluding hydrogens is 251 g/mol. The Morgan fingerprint density at radius 1 is 1.12 bits per heavy atom. The molecule has 0 aromatic carbocycles. The van der Waals surface area contributed by atoms with Gasteiger partial charge in [0.25, 0.3) is 0 Å². The lowest BCUT2D eigenvalue weighted by atomic mass is 10.6. The topological polar surface area (TPSA) is 32.8 Å². The maximum atomic E-state index is 13.1. The first-order chi connectivity index (χ1) is 7.55. The fourth-order valence-corrected chi connectivity index (χ4v) is 5.88. The summed E-state index contributed by atoms with van der Waals surface area (Å²) in [6.45, 7) is 8.26. The molecule has 17 heavy (non-hydrogen) atoms. The van der Waals surface area contributed by atoms with Crippen molar-refractivity contribution in [2.24, 2.45) is 0 Å². The van der Waals surface area contributed by atoms with Crippen molar-refractivity contribution in [1.29, 1.82) is 0 Å². The van der Waals surface area contributed by atoms with Gasteiger partial charge in [-0.25, -0.2) is 9.34 Å². The van der Waals surface area contributed by atoms with Gasteiger partial charge in [0.05, 0.1) is 0 Å². The zero-order chi connectivity index (χ0) is 13.9. The van der Waals surface area contributed by atoms with Crippen LogP contribution in [0.2, 0.25) is 19.6 Å². The van der Waals surface area contributed by atoms with Crippen LogP contribution in [-0.2, 0) is 8.99 Å². The molecule has 1 unspecified atom stereocenters. The van der Waals surface area contributed by atoms with Gasteiger partial charge >= 0.3 is 0 Å². The Balaban J connectivity index is 5.34. The summed E-state index contributed by atoms with van der Waals surface area (Å²) < 4.78 is 22.7. The average Bonchev–Trinajstić information content (AvgIpc) is 2.13. The lowest BCUT2D eigenvalue weighted by Gasteiger charge is -2.38. The molecule has 0 radical (unpaired) electrons. The molecule has 0 saturated carbocycles. The third-order valence-electron chi connectivity index (χ3n) is 2.31. The molecule has 102 valence electrons. The van der Waals surface area contributed by atoms with E-state index in [-0.39, 0.29) is 5.85 Å². The van der Waals surface area contributed by atoms with Crippen molar-refractivity contribution in [3.05, 3.63) is 12.2 Å². The van der Waals surface area contributed by atoms with E-state index < -0.39 is 15.8 Å². The molecule has 0 amide bonds. The zero-order valence-electron chi connectivity index (χ0n) is 12.4. The molecular formula is C11H27N2O2PSi. The highest BCUT2D eigenvalue weighted by atomic mass is 31.2. The molecule has 0 heterocycles. The predicted molar refractivity (Wildman–Crippen MR) is 78.0 cm³/mol. The molecule has 0 saturated heterocycles. The van der Waals surface area contributed by atoms with Crippen molar-refractivity contribution in [2.75, 3.05) is 28.2 Å². The van der Waals surface area contributed by atoms with Gasteiger partial charge in [0, 0.05) is 0 Å². The minimum atomic E-state index is -2.69. The van der Waals surface area contributed by atoms with Crippen LogP contribution in [0.5, 0.6) is 0 Å². The maximum absolute atomic E-state index is 13.1. The van der Waals surface area contributed by atoms with Crippen LogP contribution in [0.15, 0.2) is 12.2 Å². The van der Waals surface area contributed by atoms with Gasteiger partial charge in [-0.2, -0.15) is 0 Å². The van der Waals surface area contributed by atoms with Crippen LogP contribution in [-0.4, -0.2) is 51.7 Å². The fraction of sp³-hybridized carbons (Fsp3) is 0.818. The summed E-state index contributed by atoms with van der Waals surface area (Å²) in [6.07, 6.45) is 3.81. The van der Waals surface area contributed by atoms with E-state index in [9.17, 15) is 4.57 Å². The molecule has 0 aliphatic carbocycles. The Morgan fingerprint density at radius 2 is 1.53 bits per heavy atom. The van der Waals surface area contributed by atoms with Crippen molar-refractivity contribution >= 4 is 15.8 Å². The molecule has 0 aromatic rings. The van der Waals surface area contributed by atoms with E-state index in [1.54, 1.807) is 9.34 Å². The molecule has 0 rings (SSSR count). The molecule has 1 atom stereocenters. The van der Waals surface area contributed by atoms with E-state index in [4.69, 9.17) is 4.43 Å². The van der Waals surface area contributed by atoms with Crippen LogP contribution in [0.3, 0.4) is 0 Å². The Kier molecular flexibility index (Phi) is 6.32. The van der Waals surface area contributed by atoms with Crippen molar-refractivity contribution in [3.8, 4) is 0 Å². The molecule has 0 bridgehead atoms. The molecule has 0 aromatic heterocycles. The van der Waals surface area contributed by atoms with Gasteiger partial charge in [-0.15, -0.1) is 0 Å². The molecule has 6 heteroatoms. The van der Waals surface area contributed by atoms with Crippen molar-refractivity contribution < 1.29 is 8.99 Å². The van der Waals surface area contributed by atoms with Crippen LogP contribution in [0.4, 0.5) is 0 Å². The van der Waals surface area contributed by atoms with Gasteiger partial charge < -0.3 is 4.43 Å².